The second kappa shape index (κ2) is 4.56. The number of hydrogen-bond donors (Lipinski definition) is 0. The number of nitrogens with zero attached hydrogens (tertiary/aromatic N) is 3. The minimum atomic E-state index is -0.413. The van der Waals surface area contributed by atoms with Crippen LogP contribution in [0.3, 0.4) is 0 Å². The van der Waals surface area contributed by atoms with Crippen molar-refractivity contribution in [3.8, 4) is 10.4 Å². The molecule has 3 rings (SSSR count). The molecule has 0 spiro atoms. The lowest BCUT2D eigenvalue weighted by Crippen LogP contribution is -1.87. The molecule has 0 N–H and O–H groups in total. The summed E-state index contributed by atoms with van der Waals surface area (Å²) in [4.78, 5) is 19.3. The second-order valence-corrected chi connectivity index (χ2v) is 5.21. The van der Waals surface area contributed by atoms with Gasteiger partial charge >= 0.3 is 0 Å². The van der Waals surface area contributed by atoms with Crippen molar-refractivity contribution in [3.63, 3.8) is 0 Å². The van der Waals surface area contributed by atoms with Gasteiger partial charge in [-0.25, -0.2) is 9.97 Å². The van der Waals surface area contributed by atoms with Gasteiger partial charge in [-0.3, -0.25) is 10.1 Å². The van der Waals surface area contributed by atoms with E-state index in [4.69, 9.17) is 11.6 Å². The Morgan fingerprint density at radius 2 is 2.11 bits per heavy atom. The van der Waals surface area contributed by atoms with Gasteiger partial charge in [-0.2, -0.15) is 0 Å². The number of fused-ring (bicyclic) bond motifs is 1. The molecule has 0 saturated heterocycles. The molecule has 0 atom stereocenters. The van der Waals surface area contributed by atoms with Crippen molar-refractivity contribution >= 4 is 38.8 Å². The highest BCUT2D eigenvalue weighted by Gasteiger charge is 2.11. The summed E-state index contributed by atoms with van der Waals surface area (Å²) in [5.74, 6) is 0. The molecular weight excluding hydrogens is 286 g/mol. The first-order valence-electron chi connectivity index (χ1n) is 5.30. The maximum atomic E-state index is 10.8. The van der Waals surface area contributed by atoms with Crippen molar-refractivity contribution in [2.24, 2.45) is 0 Å². The van der Waals surface area contributed by atoms with E-state index in [9.17, 15) is 10.1 Å². The zero-order chi connectivity index (χ0) is 13.4. The van der Waals surface area contributed by atoms with Gasteiger partial charge in [0.1, 0.15) is 11.5 Å². The Balaban J connectivity index is 2.16. The SMILES string of the molecule is O=[N+]([O-])c1cccc(-c2cc3ncnc(Cl)c3s2)c1. The summed E-state index contributed by atoms with van der Waals surface area (Å²) in [7, 11) is 0. The van der Waals surface area contributed by atoms with Gasteiger partial charge in [-0.05, 0) is 11.6 Å². The second-order valence-electron chi connectivity index (χ2n) is 3.80. The predicted molar refractivity (Wildman–Crippen MR) is 74.5 cm³/mol. The lowest BCUT2D eigenvalue weighted by Gasteiger charge is -1.96. The van der Waals surface area contributed by atoms with E-state index in [2.05, 4.69) is 9.97 Å². The molecule has 3 aromatic rings. The molecule has 0 aliphatic carbocycles. The molecule has 94 valence electrons. The number of rotatable bonds is 2. The first kappa shape index (κ1) is 12.0. The van der Waals surface area contributed by atoms with Crippen molar-refractivity contribution in [2.45, 2.75) is 0 Å². The van der Waals surface area contributed by atoms with Crippen LogP contribution in [0.1, 0.15) is 0 Å². The maximum Gasteiger partial charge on any atom is 0.270 e. The van der Waals surface area contributed by atoms with E-state index in [1.54, 1.807) is 6.07 Å². The number of benzene rings is 1. The molecule has 7 heteroatoms. The quantitative estimate of drug-likeness (QED) is 0.408. The van der Waals surface area contributed by atoms with E-state index in [-0.39, 0.29) is 5.69 Å². The van der Waals surface area contributed by atoms with Gasteiger partial charge in [-0.1, -0.05) is 23.7 Å². The number of hydrogen-bond acceptors (Lipinski definition) is 5. The van der Waals surface area contributed by atoms with Gasteiger partial charge in [0.05, 0.1) is 15.1 Å². The molecule has 0 radical (unpaired) electrons. The fourth-order valence-electron chi connectivity index (χ4n) is 1.74. The molecule has 5 nitrogen and oxygen atoms in total. The Labute approximate surface area is 116 Å². The van der Waals surface area contributed by atoms with Crippen LogP contribution >= 0.6 is 22.9 Å². The third kappa shape index (κ3) is 2.16. The summed E-state index contributed by atoms with van der Waals surface area (Å²) in [5.41, 5.74) is 1.58. The van der Waals surface area contributed by atoms with E-state index in [0.717, 1.165) is 20.7 Å². The topological polar surface area (TPSA) is 68.9 Å². The standard InChI is InChI=1S/C12H6ClN3O2S/c13-12-11-9(14-6-15-12)5-10(19-11)7-2-1-3-8(4-7)16(17)18/h1-6H. The molecule has 0 aliphatic heterocycles. The lowest BCUT2D eigenvalue weighted by atomic mass is 10.1. The van der Waals surface area contributed by atoms with Crippen LogP contribution in [0.5, 0.6) is 0 Å². The Hall–Kier alpha value is -2.05. The Morgan fingerprint density at radius 1 is 1.26 bits per heavy atom. The van der Waals surface area contributed by atoms with Crippen molar-refractivity contribution in [1.29, 1.82) is 0 Å². The van der Waals surface area contributed by atoms with Crippen LogP contribution in [0.25, 0.3) is 20.7 Å². The zero-order valence-electron chi connectivity index (χ0n) is 9.41. The smallest absolute Gasteiger partial charge is 0.258 e. The molecule has 0 unspecified atom stereocenters. The van der Waals surface area contributed by atoms with Gasteiger partial charge < -0.3 is 0 Å². The molecule has 2 aromatic heterocycles. The molecule has 0 fully saturated rings. The fraction of sp³-hybridized carbons (Fsp3) is 0. The minimum absolute atomic E-state index is 0.0622. The molecule has 19 heavy (non-hydrogen) atoms. The molecule has 0 bridgehead atoms. The number of aromatic nitrogens is 2. The molecular formula is C12H6ClN3O2S. The first-order chi connectivity index (χ1) is 9.15. The summed E-state index contributed by atoms with van der Waals surface area (Å²) in [6.07, 6.45) is 1.40. The Morgan fingerprint density at radius 3 is 2.84 bits per heavy atom. The maximum absolute atomic E-state index is 10.8. The number of thiophene rings is 1. The van der Waals surface area contributed by atoms with Crippen LogP contribution < -0.4 is 0 Å². The highest BCUT2D eigenvalue weighted by molar-refractivity contribution is 7.22. The number of nitro benzene ring substituents is 1. The van der Waals surface area contributed by atoms with Crippen LogP contribution in [-0.4, -0.2) is 14.9 Å². The summed E-state index contributed by atoms with van der Waals surface area (Å²) in [5, 5.41) is 11.2. The van der Waals surface area contributed by atoms with Crippen LogP contribution in [-0.2, 0) is 0 Å². The summed E-state index contributed by atoms with van der Waals surface area (Å²) in [6, 6.07) is 8.33. The predicted octanol–water partition coefficient (Wildman–Crippen LogP) is 3.92. The molecule has 1 aromatic carbocycles. The highest BCUT2D eigenvalue weighted by atomic mass is 35.5. The van der Waals surface area contributed by atoms with E-state index in [1.807, 2.05) is 12.1 Å². The highest BCUT2D eigenvalue weighted by Crippen LogP contribution is 2.36. The van der Waals surface area contributed by atoms with Gasteiger partial charge in [0.15, 0.2) is 0 Å². The molecule has 0 amide bonds. The van der Waals surface area contributed by atoms with Crippen LogP contribution in [0.15, 0.2) is 36.7 Å². The van der Waals surface area contributed by atoms with E-state index in [1.165, 1.54) is 29.8 Å². The summed E-state index contributed by atoms with van der Waals surface area (Å²) < 4.78 is 0.783. The number of non-ortho nitro benzene ring substituents is 1. The summed E-state index contributed by atoms with van der Waals surface area (Å²) >= 11 is 7.41. The molecule has 0 saturated carbocycles. The van der Waals surface area contributed by atoms with Crippen LogP contribution in [0, 0.1) is 10.1 Å². The average Bonchev–Trinajstić information content (AvgIpc) is 2.84. The average molecular weight is 292 g/mol. The van der Waals surface area contributed by atoms with Gasteiger partial charge in [0, 0.05) is 17.0 Å². The van der Waals surface area contributed by atoms with Crippen LogP contribution in [0.2, 0.25) is 5.15 Å². The van der Waals surface area contributed by atoms with Gasteiger partial charge in [0.25, 0.3) is 5.69 Å². The lowest BCUT2D eigenvalue weighted by molar-refractivity contribution is -0.384. The largest absolute Gasteiger partial charge is 0.270 e. The minimum Gasteiger partial charge on any atom is -0.258 e. The zero-order valence-corrected chi connectivity index (χ0v) is 11.0. The monoisotopic (exact) mass is 291 g/mol. The van der Waals surface area contributed by atoms with Crippen molar-refractivity contribution in [1.82, 2.24) is 9.97 Å². The first-order valence-corrected chi connectivity index (χ1v) is 6.49. The Kier molecular flexibility index (Phi) is 2.88. The Bertz CT molecular complexity index is 787. The van der Waals surface area contributed by atoms with E-state index >= 15 is 0 Å². The fourth-order valence-corrected chi connectivity index (χ4v) is 2.99. The number of nitro groups is 1. The third-order valence-corrected chi connectivity index (χ3v) is 4.19. The van der Waals surface area contributed by atoms with E-state index < -0.39 is 4.92 Å². The van der Waals surface area contributed by atoms with Crippen LogP contribution in [0.4, 0.5) is 5.69 Å². The van der Waals surface area contributed by atoms with Gasteiger partial charge in [-0.15, -0.1) is 11.3 Å². The summed E-state index contributed by atoms with van der Waals surface area (Å²) in [6.45, 7) is 0. The van der Waals surface area contributed by atoms with Gasteiger partial charge in [0.2, 0.25) is 0 Å². The van der Waals surface area contributed by atoms with Crippen molar-refractivity contribution < 1.29 is 4.92 Å². The third-order valence-electron chi connectivity index (χ3n) is 2.61. The molecule has 0 aliphatic rings. The molecule has 2 heterocycles. The van der Waals surface area contributed by atoms with Crippen molar-refractivity contribution in [2.75, 3.05) is 0 Å². The normalized spacial score (nSPS) is 10.8. The number of halogens is 1. The van der Waals surface area contributed by atoms with Crippen molar-refractivity contribution in [3.05, 3.63) is 51.9 Å². The van der Waals surface area contributed by atoms with E-state index in [0.29, 0.717) is 5.15 Å².